The van der Waals surface area contributed by atoms with E-state index in [1.54, 1.807) is 29.2 Å². The fourth-order valence-corrected chi connectivity index (χ4v) is 3.55. The number of benzene rings is 1. The summed E-state index contributed by atoms with van der Waals surface area (Å²) in [5, 5.41) is 3.12. The highest BCUT2D eigenvalue weighted by Crippen LogP contribution is 2.23. The number of carbonyl (C=O) groups is 2. The summed E-state index contributed by atoms with van der Waals surface area (Å²) in [6, 6.07) is 7.10. The first kappa shape index (κ1) is 20.0. The summed E-state index contributed by atoms with van der Waals surface area (Å²) < 4.78 is 5.29. The van der Waals surface area contributed by atoms with E-state index in [9.17, 15) is 9.59 Å². The maximum absolute atomic E-state index is 12.6. The lowest BCUT2D eigenvalue weighted by atomic mass is 10.1. The number of nitrogens with two attached hydrogens (primary N) is 2. The molecule has 10 heteroatoms. The van der Waals surface area contributed by atoms with Gasteiger partial charge >= 0.3 is 0 Å². The van der Waals surface area contributed by atoms with Crippen molar-refractivity contribution in [1.82, 2.24) is 14.9 Å². The molecule has 2 aliphatic heterocycles. The number of morpholine rings is 1. The van der Waals surface area contributed by atoms with Gasteiger partial charge in [0.15, 0.2) is 0 Å². The number of aromatic nitrogens is 2. The average Bonchev–Trinajstić information content (AvgIpc) is 3.20. The molecule has 1 aromatic carbocycles. The predicted molar refractivity (Wildman–Crippen MR) is 112 cm³/mol. The molecule has 1 atom stereocenters. The number of ether oxygens (including phenoxy) is 1. The normalized spacial score (nSPS) is 19.0. The van der Waals surface area contributed by atoms with Gasteiger partial charge in [0.05, 0.1) is 13.2 Å². The van der Waals surface area contributed by atoms with Crippen molar-refractivity contribution in [3.63, 3.8) is 0 Å². The van der Waals surface area contributed by atoms with Gasteiger partial charge in [-0.25, -0.2) is 4.98 Å². The zero-order valence-corrected chi connectivity index (χ0v) is 16.6. The molecule has 2 amide bonds. The number of nitrogens with zero attached hydrogens (tertiary/aromatic N) is 4. The first-order valence-corrected chi connectivity index (χ1v) is 9.93. The molecule has 5 N–H and O–H groups in total. The summed E-state index contributed by atoms with van der Waals surface area (Å²) >= 11 is 0. The molecule has 2 fully saturated rings. The third kappa shape index (κ3) is 4.34. The standard InChI is InChI=1S/C20H25N7O3/c21-14-5-6-27(12-14)20-23-11-16(17(22)28)18(25-20)24-15-3-1-13(2-4-15)19(29)26-7-9-30-10-8-26/h1-4,11,14H,5-10,12,21H2,(H2,22,28)(H,23,24,25)/t14-/m0/s1. The number of hydrogen-bond acceptors (Lipinski definition) is 8. The summed E-state index contributed by atoms with van der Waals surface area (Å²) in [6.45, 7) is 3.70. The van der Waals surface area contributed by atoms with Crippen LogP contribution in [0, 0.1) is 0 Å². The van der Waals surface area contributed by atoms with Gasteiger partial charge in [0.2, 0.25) is 5.95 Å². The Labute approximate surface area is 174 Å². The van der Waals surface area contributed by atoms with Crippen LogP contribution in [0.5, 0.6) is 0 Å². The van der Waals surface area contributed by atoms with Crippen LogP contribution in [0.4, 0.5) is 17.5 Å². The lowest BCUT2D eigenvalue weighted by Gasteiger charge is -2.26. The van der Waals surface area contributed by atoms with Crippen molar-refractivity contribution in [3.05, 3.63) is 41.6 Å². The van der Waals surface area contributed by atoms with Crippen LogP contribution in [0.15, 0.2) is 30.5 Å². The minimum absolute atomic E-state index is 0.0302. The monoisotopic (exact) mass is 411 g/mol. The molecule has 30 heavy (non-hydrogen) atoms. The number of anilines is 3. The second kappa shape index (κ2) is 8.64. The van der Waals surface area contributed by atoms with E-state index >= 15 is 0 Å². The molecule has 2 aliphatic rings. The largest absolute Gasteiger partial charge is 0.378 e. The van der Waals surface area contributed by atoms with E-state index in [1.807, 2.05) is 4.90 Å². The second-order valence-corrected chi connectivity index (χ2v) is 7.40. The quantitative estimate of drug-likeness (QED) is 0.639. The van der Waals surface area contributed by atoms with Gasteiger partial charge in [0.25, 0.3) is 11.8 Å². The van der Waals surface area contributed by atoms with Crippen LogP contribution >= 0.6 is 0 Å². The third-order valence-electron chi connectivity index (χ3n) is 5.24. The fourth-order valence-electron chi connectivity index (χ4n) is 3.55. The summed E-state index contributed by atoms with van der Waals surface area (Å²) in [6.07, 6.45) is 2.29. The highest BCUT2D eigenvalue weighted by atomic mass is 16.5. The summed E-state index contributed by atoms with van der Waals surface area (Å²) in [5.74, 6) is 0.161. The summed E-state index contributed by atoms with van der Waals surface area (Å²) in [7, 11) is 0. The van der Waals surface area contributed by atoms with E-state index < -0.39 is 5.91 Å². The molecule has 0 bridgehead atoms. The van der Waals surface area contributed by atoms with E-state index in [2.05, 4.69) is 15.3 Å². The number of nitrogens with one attached hydrogen (secondary N) is 1. The Morgan fingerprint density at radius 1 is 1.13 bits per heavy atom. The van der Waals surface area contributed by atoms with Crippen LogP contribution in [0.2, 0.25) is 0 Å². The van der Waals surface area contributed by atoms with Crippen molar-refractivity contribution in [2.24, 2.45) is 11.5 Å². The van der Waals surface area contributed by atoms with Crippen LogP contribution in [-0.2, 0) is 4.74 Å². The fraction of sp³-hybridized carbons (Fsp3) is 0.400. The topological polar surface area (TPSA) is 140 Å². The first-order chi connectivity index (χ1) is 14.5. The molecular weight excluding hydrogens is 386 g/mol. The van der Waals surface area contributed by atoms with Gasteiger partial charge in [-0.2, -0.15) is 4.98 Å². The Bertz CT molecular complexity index is 928. The molecule has 0 aliphatic carbocycles. The Kier molecular flexibility index (Phi) is 5.77. The van der Waals surface area contributed by atoms with Crippen LogP contribution in [0.1, 0.15) is 27.1 Å². The molecule has 10 nitrogen and oxygen atoms in total. The summed E-state index contributed by atoms with van der Waals surface area (Å²) in [5.41, 5.74) is 12.9. The maximum Gasteiger partial charge on any atom is 0.254 e. The Hall–Kier alpha value is -3.24. The Balaban J connectivity index is 1.52. The zero-order valence-electron chi connectivity index (χ0n) is 16.6. The second-order valence-electron chi connectivity index (χ2n) is 7.40. The molecule has 158 valence electrons. The van der Waals surface area contributed by atoms with Crippen molar-refractivity contribution in [1.29, 1.82) is 0 Å². The van der Waals surface area contributed by atoms with Gasteiger partial charge in [-0.05, 0) is 30.7 Å². The molecule has 2 aromatic rings. The van der Waals surface area contributed by atoms with E-state index in [0.717, 1.165) is 13.0 Å². The van der Waals surface area contributed by atoms with Crippen molar-refractivity contribution >= 4 is 29.3 Å². The van der Waals surface area contributed by atoms with Gasteiger partial charge in [-0.1, -0.05) is 0 Å². The SMILES string of the molecule is NC(=O)c1cnc(N2CC[C@H](N)C2)nc1Nc1ccc(C(=O)N2CCOCC2)cc1. The molecule has 0 spiro atoms. The van der Waals surface area contributed by atoms with E-state index in [0.29, 0.717) is 55.9 Å². The Morgan fingerprint density at radius 3 is 2.50 bits per heavy atom. The zero-order chi connectivity index (χ0) is 21.1. The molecule has 0 radical (unpaired) electrons. The van der Waals surface area contributed by atoms with Crippen molar-refractivity contribution in [3.8, 4) is 0 Å². The highest BCUT2D eigenvalue weighted by Gasteiger charge is 2.23. The smallest absolute Gasteiger partial charge is 0.254 e. The predicted octanol–water partition coefficient (Wildman–Crippen LogP) is 0.329. The van der Waals surface area contributed by atoms with Gasteiger partial charge < -0.3 is 31.3 Å². The van der Waals surface area contributed by atoms with Crippen molar-refractivity contribution < 1.29 is 14.3 Å². The number of hydrogen-bond donors (Lipinski definition) is 3. The van der Waals surface area contributed by atoms with Gasteiger partial charge in [-0.3, -0.25) is 9.59 Å². The average molecular weight is 411 g/mol. The molecular formula is C20H25N7O3. The minimum Gasteiger partial charge on any atom is -0.378 e. The Morgan fingerprint density at radius 2 is 1.87 bits per heavy atom. The number of rotatable bonds is 5. The van der Waals surface area contributed by atoms with E-state index in [-0.39, 0.29) is 17.5 Å². The lowest BCUT2D eigenvalue weighted by Crippen LogP contribution is -2.40. The van der Waals surface area contributed by atoms with E-state index in [4.69, 9.17) is 16.2 Å². The van der Waals surface area contributed by atoms with Crippen molar-refractivity contribution in [2.45, 2.75) is 12.5 Å². The molecule has 0 saturated carbocycles. The van der Waals surface area contributed by atoms with Gasteiger partial charge in [0, 0.05) is 49.7 Å². The van der Waals surface area contributed by atoms with Crippen LogP contribution in [0.3, 0.4) is 0 Å². The number of primary amides is 1. The third-order valence-corrected chi connectivity index (χ3v) is 5.24. The highest BCUT2D eigenvalue weighted by molar-refractivity contribution is 5.98. The molecule has 1 aromatic heterocycles. The molecule has 4 rings (SSSR count). The number of carbonyl (C=O) groups excluding carboxylic acids is 2. The van der Waals surface area contributed by atoms with Crippen LogP contribution in [0.25, 0.3) is 0 Å². The van der Waals surface area contributed by atoms with Gasteiger partial charge in [0.1, 0.15) is 11.4 Å². The van der Waals surface area contributed by atoms with Gasteiger partial charge in [-0.15, -0.1) is 0 Å². The van der Waals surface area contributed by atoms with Crippen LogP contribution in [-0.4, -0.2) is 72.1 Å². The minimum atomic E-state index is -0.624. The molecule has 0 unspecified atom stereocenters. The molecule has 3 heterocycles. The van der Waals surface area contributed by atoms with Crippen molar-refractivity contribution in [2.75, 3.05) is 49.6 Å². The van der Waals surface area contributed by atoms with E-state index in [1.165, 1.54) is 6.20 Å². The first-order valence-electron chi connectivity index (χ1n) is 9.93. The molecule has 2 saturated heterocycles. The van der Waals surface area contributed by atoms with Crippen LogP contribution < -0.4 is 21.7 Å². The maximum atomic E-state index is 12.6. The lowest BCUT2D eigenvalue weighted by molar-refractivity contribution is 0.0303. The summed E-state index contributed by atoms with van der Waals surface area (Å²) in [4.78, 5) is 36.9. The number of amides is 2.